The van der Waals surface area contributed by atoms with Crippen LogP contribution in [0.5, 0.6) is 5.75 Å². The molecule has 4 heteroatoms. The topological polar surface area (TPSA) is 44.1 Å². The molecule has 164 valence electrons. The first-order valence-corrected chi connectivity index (χ1v) is 11.5. The Morgan fingerprint density at radius 1 is 0.903 bits per heavy atom. The van der Waals surface area contributed by atoms with Gasteiger partial charge in [0.1, 0.15) is 5.75 Å². The van der Waals surface area contributed by atoms with Gasteiger partial charge in [-0.2, -0.15) is 5.10 Å². The fourth-order valence-electron chi connectivity index (χ4n) is 4.01. The van der Waals surface area contributed by atoms with Gasteiger partial charge < -0.3 is 4.74 Å². The molecule has 0 amide bonds. The Labute approximate surface area is 186 Å². The van der Waals surface area contributed by atoms with E-state index in [1.807, 2.05) is 68.4 Å². The zero-order valence-corrected chi connectivity index (χ0v) is 19.1. The van der Waals surface area contributed by atoms with E-state index in [1.54, 1.807) is 0 Å². The first kappa shape index (κ1) is 22.8. The number of carbonyl (C=O) groups is 1. The molecule has 2 aromatic carbocycles. The van der Waals surface area contributed by atoms with Crippen molar-refractivity contribution in [3.05, 3.63) is 71.5 Å². The largest absolute Gasteiger partial charge is 0.483 e. The summed E-state index contributed by atoms with van der Waals surface area (Å²) in [6.45, 7) is 6.18. The van der Waals surface area contributed by atoms with Crippen LogP contribution in [-0.4, -0.2) is 22.3 Å². The number of nitrogens with zero attached hydrogens (tertiary/aromatic N) is 2. The molecule has 0 fully saturated rings. The van der Waals surface area contributed by atoms with Crippen LogP contribution in [0, 0.1) is 13.8 Å². The van der Waals surface area contributed by atoms with Crippen LogP contribution < -0.4 is 4.74 Å². The summed E-state index contributed by atoms with van der Waals surface area (Å²) in [5.41, 5.74) is 5.14. The molecule has 0 bridgehead atoms. The lowest BCUT2D eigenvalue weighted by Gasteiger charge is -2.11. The second-order valence-electron chi connectivity index (χ2n) is 8.12. The van der Waals surface area contributed by atoms with Crippen LogP contribution >= 0.6 is 0 Å². The normalized spacial score (nSPS) is 10.9. The molecule has 0 aliphatic heterocycles. The van der Waals surface area contributed by atoms with Crippen molar-refractivity contribution >= 4 is 5.91 Å². The molecular weight excluding hydrogens is 384 g/mol. The lowest BCUT2D eigenvalue weighted by Crippen LogP contribution is -2.22. The number of benzene rings is 2. The summed E-state index contributed by atoms with van der Waals surface area (Å²) in [5, 5.41) is 4.52. The fraction of sp³-hybridized carbons (Fsp3) is 0.407. The van der Waals surface area contributed by atoms with Gasteiger partial charge in [-0.25, -0.2) is 4.68 Å². The average Bonchev–Trinajstić information content (AvgIpc) is 3.09. The van der Waals surface area contributed by atoms with Crippen LogP contribution in [0.25, 0.3) is 11.1 Å². The summed E-state index contributed by atoms with van der Waals surface area (Å²) in [6.07, 6.45) is 8.54. The zero-order valence-electron chi connectivity index (χ0n) is 19.1. The van der Waals surface area contributed by atoms with Gasteiger partial charge in [0, 0.05) is 11.3 Å². The summed E-state index contributed by atoms with van der Waals surface area (Å²) < 4.78 is 7.46. The van der Waals surface area contributed by atoms with E-state index < -0.39 is 0 Å². The minimum atomic E-state index is -0.141. The van der Waals surface area contributed by atoms with Gasteiger partial charge in [0.25, 0.3) is 5.91 Å². The fourth-order valence-corrected chi connectivity index (χ4v) is 4.01. The van der Waals surface area contributed by atoms with Gasteiger partial charge in [-0.3, -0.25) is 4.79 Å². The van der Waals surface area contributed by atoms with Crippen molar-refractivity contribution in [1.82, 2.24) is 9.78 Å². The number of ether oxygens (including phenoxy) is 1. The number of para-hydroxylation sites is 1. The Kier molecular flexibility index (Phi) is 8.45. The number of carbonyl (C=O) groups excluding carboxylic acids is 1. The van der Waals surface area contributed by atoms with E-state index >= 15 is 0 Å². The van der Waals surface area contributed by atoms with Crippen molar-refractivity contribution in [3.8, 4) is 16.9 Å². The van der Waals surface area contributed by atoms with Crippen LogP contribution in [0.1, 0.15) is 67.2 Å². The third-order valence-electron chi connectivity index (χ3n) is 5.78. The molecule has 0 saturated carbocycles. The van der Waals surface area contributed by atoms with Crippen LogP contribution in [0.3, 0.4) is 0 Å². The SMILES string of the molecule is CCCCCCCCc1c(C)nn(C(=O)COc2ccccc2-c2ccccc2)c1C. The molecule has 0 aliphatic rings. The van der Waals surface area contributed by atoms with Gasteiger partial charge in [-0.05, 0) is 43.9 Å². The van der Waals surface area contributed by atoms with E-state index in [9.17, 15) is 4.79 Å². The highest BCUT2D eigenvalue weighted by molar-refractivity contribution is 5.81. The Morgan fingerprint density at radius 3 is 2.35 bits per heavy atom. The van der Waals surface area contributed by atoms with E-state index in [-0.39, 0.29) is 12.5 Å². The zero-order chi connectivity index (χ0) is 22.1. The lowest BCUT2D eigenvalue weighted by molar-refractivity contribution is 0.0818. The van der Waals surface area contributed by atoms with Crippen LogP contribution in [-0.2, 0) is 6.42 Å². The number of aryl methyl sites for hydroxylation is 1. The number of aromatic nitrogens is 2. The standard InChI is InChI=1S/C27H34N2O2/c1-4-5-6-7-8-12-17-24-21(2)28-29(22(24)3)27(30)20-31-26-19-14-13-18-25(26)23-15-10-9-11-16-23/h9-11,13-16,18-19H,4-8,12,17,20H2,1-3H3. The monoisotopic (exact) mass is 418 g/mol. The molecule has 4 nitrogen and oxygen atoms in total. The summed E-state index contributed by atoms with van der Waals surface area (Å²) >= 11 is 0. The molecule has 31 heavy (non-hydrogen) atoms. The number of rotatable bonds is 11. The van der Waals surface area contributed by atoms with E-state index in [0.717, 1.165) is 35.4 Å². The van der Waals surface area contributed by atoms with Gasteiger partial charge in [-0.1, -0.05) is 87.6 Å². The minimum Gasteiger partial charge on any atom is -0.483 e. The van der Waals surface area contributed by atoms with Crippen LogP contribution in [0.4, 0.5) is 0 Å². The molecule has 0 unspecified atom stereocenters. The van der Waals surface area contributed by atoms with Crippen molar-refractivity contribution in [2.45, 2.75) is 65.7 Å². The van der Waals surface area contributed by atoms with E-state index in [2.05, 4.69) is 12.0 Å². The Hall–Kier alpha value is -2.88. The molecule has 0 saturated heterocycles. The first-order valence-electron chi connectivity index (χ1n) is 11.5. The van der Waals surface area contributed by atoms with Gasteiger partial charge >= 0.3 is 0 Å². The predicted molar refractivity (Wildman–Crippen MR) is 127 cm³/mol. The third kappa shape index (κ3) is 6.06. The summed E-state index contributed by atoms with van der Waals surface area (Å²) in [7, 11) is 0. The lowest BCUT2D eigenvalue weighted by atomic mass is 10.0. The van der Waals surface area contributed by atoms with Gasteiger partial charge in [-0.15, -0.1) is 0 Å². The maximum absolute atomic E-state index is 12.9. The average molecular weight is 419 g/mol. The summed E-state index contributed by atoms with van der Waals surface area (Å²) in [5.74, 6) is 0.563. The molecule has 0 N–H and O–H groups in total. The summed E-state index contributed by atoms with van der Waals surface area (Å²) in [6, 6.07) is 17.9. The highest BCUT2D eigenvalue weighted by Gasteiger charge is 2.17. The summed E-state index contributed by atoms with van der Waals surface area (Å²) in [4.78, 5) is 12.9. The van der Waals surface area contributed by atoms with E-state index in [1.165, 1.54) is 42.3 Å². The van der Waals surface area contributed by atoms with Crippen molar-refractivity contribution in [2.75, 3.05) is 6.61 Å². The van der Waals surface area contributed by atoms with Crippen molar-refractivity contribution in [3.63, 3.8) is 0 Å². The second kappa shape index (κ2) is 11.5. The number of hydrogen-bond donors (Lipinski definition) is 0. The molecule has 3 rings (SSSR count). The maximum atomic E-state index is 12.9. The molecular formula is C27H34N2O2. The maximum Gasteiger partial charge on any atom is 0.284 e. The van der Waals surface area contributed by atoms with Gasteiger partial charge in [0.15, 0.2) is 6.61 Å². The minimum absolute atomic E-state index is 0.0394. The quantitative estimate of drug-likeness (QED) is 0.322. The highest BCUT2D eigenvalue weighted by atomic mass is 16.5. The molecule has 1 heterocycles. The van der Waals surface area contributed by atoms with Gasteiger partial charge in [0.05, 0.1) is 5.69 Å². The molecule has 0 aliphatic carbocycles. The first-order chi connectivity index (χ1) is 15.1. The highest BCUT2D eigenvalue weighted by Crippen LogP contribution is 2.29. The Balaban J connectivity index is 1.62. The number of hydrogen-bond acceptors (Lipinski definition) is 3. The predicted octanol–water partition coefficient (Wildman–Crippen LogP) is 6.79. The third-order valence-corrected chi connectivity index (χ3v) is 5.78. The van der Waals surface area contributed by atoms with E-state index in [4.69, 9.17) is 4.74 Å². The molecule has 0 atom stereocenters. The van der Waals surface area contributed by atoms with Crippen molar-refractivity contribution in [1.29, 1.82) is 0 Å². The molecule has 1 aromatic heterocycles. The van der Waals surface area contributed by atoms with E-state index in [0.29, 0.717) is 5.75 Å². The van der Waals surface area contributed by atoms with Crippen molar-refractivity contribution < 1.29 is 9.53 Å². The molecule has 3 aromatic rings. The van der Waals surface area contributed by atoms with Crippen LogP contribution in [0.2, 0.25) is 0 Å². The Morgan fingerprint density at radius 2 is 1.58 bits per heavy atom. The second-order valence-corrected chi connectivity index (χ2v) is 8.12. The smallest absolute Gasteiger partial charge is 0.284 e. The molecule has 0 spiro atoms. The molecule has 0 radical (unpaired) electrons. The van der Waals surface area contributed by atoms with Crippen LogP contribution in [0.15, 0.2) is 54.6 Å². The van der Waals surface area contributed by atoms with Crippen molar-refractivity contribution in [2.24, 2.45) is 0 Å². The number of unbranched alkanes of at least 4 members (excludes halogenated alkanes) is 5. The Bertz CT molecular complexity index is 976. The van der Waals surface area contributed by atoms with Gasteiger partial charge in [0.2, 0.25) is 0 Å².